The molecule has 1 aromatic carbocycles. The fourth-order valence-corrected chi connectivity index (χ4v) is 1.76. The highest BCUT2D eigenvalue weighted by molar-refractivity contribution is 5.60. The lowest BCUT2D eigenvalue weighted by Crippen LogP contribution is -1.87. The van der Waals surface area contributed by atoms with Crippen LogP contribution in [0.1, 0.15) is 5.56 Å². The van der Waals surface area contributed by atoms with Crippen molar-refractivity contribution in [1.29, 1.82) is 5.26 Å². The van der Waals surface area contributed by atoms with Gasteiger partial charge < -0.3 is 9.51 Å². The lowest BCUT2D eigenvalue weighted by molar-refractivity contribution is -0.384. The van der Waals surface area contributed by atoms with Crippen molar-refractivity contribution in [2.45, 2.75) is 0 Å². The monoisotopic (exact) mass is 281 g/mol. The van der Waals surface area contributed by atoms with Crippen LogP contribution in [-0.4, -0.2) is 20.0 Å². The zero-order chi connectivity index (χ0) is 14.8. The first kappa shape index (κ1) is 12.6. The van der Waals surface area contributed by atoms with Crippen LogP contribution in [0.2, 0.25) is 0 Å². The molecular formula is C13H7N5O3. The summed E-state index contributed by atoms with van der Waals surface area (Å²) >= 11 is 0. The average molecular weight is 281 g/mol. The number of nitro benzene ring substituents is 1. The summed E-state index contributed by atoms with van der Waals surface area (Å²) in [5.41, 5.74) is 1.58. The lowest BCUT2D eigenvalue weighted by Gasteiger charge is -1.93. The van der Waals surface area contributed by atoms with Gasteiger partial charge in [0, 0.05) is 23.9 Å². The minimum Gasteiger partial charge on any atom is -0.356 e. The number of aromatic amines is 1. The Balaban J connectivity index is 1.91. The van der Waals surface area contributed by atoms with E-state index in [2.05, 4.69) is 15.1 Å². The maximum atomic E-state index is 10.6. The Morgan fingerprint density at radius 2 is 2.10 bits per heavy atom. The van der Waals surface area contributed by atoms with Crippen LogP contribution in [0.4, 0.5) is 5.69 Å². The molecule has 3 rings (SSSR count). The van der Waals surface area contributed by atoms with E-state index in [-0.39, 0.29) is 11.6 Å². The molecule has 0 spiro atoms. The molecule has 8 heteroatoms. The van der Waals surface area contributed by atoms with Gasteiger partial charge in [-0.3, -0.25) is 10.1 Å². The Hall–Kier alpha value is -3.47. The molecule has 21 heavy (non-hydrogen) atoms. The van der Waals surface area contributed by atoms with Crippen molar-refractivity contribution in [2.24, 2.45) is 0 Å². The number of hydrogen-bond donors (Lipinski definition) is 1. The smallest absolute Gasteiger partial charge is 0.274 e. The van der Waals surface area contributed by atoms with Crippen LogP contribution >= 0.6 is 0 Å². The Morgan fingerprint density at radius 1 is 1.33 bits per heavy atom. The molecule has 0 fully saturated rings. The van der Waals surface area contributed by atoms with E-state index in [1.54, 1.807) is 18.2 Å². The minimum absolute atomic E-state index is 0.00880. The van der Waals surface area contributed by atoms with Crippen molar-refractivity contribution < 1.29 is 9.45 Å². The second kappa shape index (κ2) is 4.90. The number of benzene rings is 1. The van der Waals surface area contributed by atoms with Crippen LogP contribution in [0.3, 0.4) is 0 Å². The molecule has 0 atom stereocenters. The molecule has 0 amide bonds. The first-order valence-corrected chi connectivity index (χ1v) is 5.85. The molecule has 0 aliphatic heterocycles. The van der Waals surface area contributed by atoms with Gasteiger partial charge in [-0.1, -0.05) is 5.16 Å². The number of nitrogens with zero attached hydrogens (tertiary/aromatic N) is 4. The first-order valence-electron chi connectivity index (χ1n) is 5.85. The van der Waals surface area contributed by atoms with Gasteiger partial charge >= 0.3 is 0 Å². The van der Waals surface area contributed by atoms with Crippen molar-refractivity contribution in [3.63, 3.8) is 0 Å². The molecule has 0 unspecified atom stereocenters. The van der Waals surface area contributed by atoms with Crippen molar-refractivity contribution in [3.8, 4) is 29.0 Å². The SMILES string of the molecule is N#Cc1c[nH]c(-c2nc(-c3ccc([N+](=O)[O-])cc3)no2)c1. The topological polar surface area (TPSA) is 122 Å². The number of rotatable bonds is 3. The second-order valence-corrected chi connectivity index (χ2v) is 4.14. The number of H-pyrrole nitrogens is 1. The van der Waals surface area contributed by atoms with Gasteiger partial charge in [-0.15, -0.1) is 0 Å². The molecule has 3 aromatic rings. The maximum absolute atomic E-state index is 10.6. The highest BCUT2D eigenvalue weighted by atomic mass is 16.6. The molecule has 0 saturated heterocycles. The highest BCUT2D eigenvalue weighted by Crippen LogP contribution is 2.23. The summed E-state index contributed by atoms with van der Waals surface area (Å²) in [6, 6.07) is 9.40. The number of nitro groups is 1. The van der Waals surface area contributed by atoms with E-state index in [4.69, 9.17) is 9.78 Å². The molecule has 1 N–H and O–H groups in total. The predicted octanol–water partition coefficient (Wildman–Crippen LogP) is 2.51. The number of non-ortho nitro benzene ring substituents is 1. The molecule has 102 valence electrons. The van der Waals surface area contributed by atoms with Gasteiger partial charge in [-0.05, 0) is 18.2 Å². The van der Waals surface area contributed by atoms with Gasteiger partial charge in [-0.2, -0.15) is 10.2 Å². The van der Waals surface area contributed by atoms with E-state index in [1.165, 1.54) is 18.3 Å². The Kier molecular flexibility index (Phi) is 2.93. The van der Waals surface area contributed by atoms with Gasteiger partial charge in [0.15, 0.2) is 0 Å². The third kappa shape index (κ3) is 2.35. The average Bonchev–Trinajstić information content (AvgIpc) is 3.16. The normalized spacial score (nSPS) is 10.2. The molecule has 2 heterocycles. The number of aromatic nitrogens is 3. The molecule has 0 aliphatic carbocycles. The van der Waals surface area contributed by atoms with Crippen molar-refractivity contribution in [2.75, 3.05) is 0 Å². The largest absolute Gasteiger partial charge is 0.356 e. The van der Waals surface area contributed by atoms with E-state index in [0.717, 1.165) is 0 Å². The van der Waals surface area contributed by atoms with Crippen LogP contribution in [0.15, 0.2) is 41.1 Å². The highest BCUT2D eigenvalue weighted by Gasteiger charge is 2.13. The lowest BCUT2D eigenvalue weighted by atomic mass is 10.2. The number of nitriles is 1. The summed E-state index contributed by atoms with van der Waals surface area (Å²) in [7, 11) is 0. The quantitative estimate of drug-likeness (QED) is 0.581. The summed E-state index contributed by atoms with van der Waals surface area (Å²) in [6.07, 6.45) is 1.53. The maximum Gasteiger partial charge on any atom is 0.274 e. The zero-order valence-corrected chi connectivity index (χ0v) is 10.5. The van der Waals surface area contributed by atoms with Crippen LogP contribution in [-0.2, 0) is 0 Å². The number of hydrogen-bond acceptors (Lipinski definition) is 6. The third-order valence-electron chi connectivity index (χ3n) is 2.80. The van der Waals surface area contributed by atoms with E-state index >= 15 is 0 Å². The summed E-state index contributed by atoms with van der Waals surface area (Å²) in [6.45, 7) is 0. The molecule has 0 aliphatic rings. The third-order valence-corrected chi connectivity index (χ3v) is 2.80. The predicted molar refractivity (Wildman–Crippen MR) is 70.9 cm³/mol. The Labute approximate surface area is 117 Å². The van der Waals surface area contributed by atoms with Crippen molar-refractivity contribution in [1.82, 2.24) is 15.1 Å². The van der Waals surface area contributed by atoms with Gasteiger partial charge in [0.05, 0.1) is 10.5 Å². The first-order chi connectivity index (χ1) is 10.2. The van der Waals surface area contributed by atoms with Crippen LogP contribution in [0, 0.1) is 21.4 Å². The Morgan fingerprint density at radius 3 is 2.71 bits per heavy atom. The molecule has 0 saturated carbocycles. The number of nitrogens with one attached hydrogen (secondary N) is 1. The van der Waals surface area contributed by atoms with Gasteiger partial charge in [0.2, 0.25) is 5.82 Å². The second-order valence-electron chi connectivity index (χ2n) is 4.14. The molecule has 2 aromatic heterocycles. The van der Waals surface area contributed by atoms with E-state index in [0.29, 0.717) is 22.6 Å². The van der Waals surface area contributed by atoms with E-state index in [9.17, 15) is 10.1 Å². The minimum atomic E-state index is -0.478. The summed E-state index contributed by atoms with van der Waals surface area (Å²) in [5.74, 6) is 0.554. The Bertz CT molecular complexity index is 841. The molecular weight excluding hydrogens is 274 g/mol. The van der Waals surface area contributed by atoms with Crippen LogP contribution in [0.5, 0.6) is 0 Å². The van der Waals surface area contributed by atoms with Gasteiger partial charge in [0.25, 0.3) is 11.6 Å². The van der Waals surface area contributed by atoms with Crippen LogP contribution < -0.4 is 0 Å². The summed E-state index contributed by atoms with van der Waals surface area (Å²) < 4.78 is 5.10. The van der Waals surface area contributed by atoms with E-state index < -0.39 is 4.92 Å². The summed E-state index contributed by atoms with van der Waals surface area (Å²) in [4.78, 5) is 17.2. The summed E-state index contributed by atoms with van der Waals surface area (Å²) in [5, 5.41) is 23.2. The van der Waals surface area contributed by atoms with Crippen molar-refractivity contribution >= 4 is 5.69 Å². The molecule has 0 radical (unpaired) electrons. The van der Waals surface area contributed by atoms with E-state index in [1.807, 2.05) is 6.07 Å². The van der Waals surface area contributed by atoms with Crippen molar-refractivity contribution in [3.05, 3.63) is 52.2 Å². The standard InChI is InChI=1S/C13H7N5O3/c14-6-8-5-11(15-7-8)13-16-12(17-21-13)9-1-3-10(4-2-9)18(19)20/h1-5,7,15H. The van der Waals surface area contributed by atoms with Gasteiger partial charge in [0.1, 0.15) is 11.8 Å². The fraction of sp³-hybridized carbons (Fsp3) is 0. The zero-order valence-electron chi connectivity index (χ0n) is 10.5. The fourth-order valence-electron chi connectivity index (χ4n) is 1.76. The molecule has 8 nitrogen and oxygen atoms in total. The van der Waals surface area contributed by atoms with Crippen LogP contribution in [0.25, 0.3) is 23.0 Å². The van der Waals surface area contributed by atoms with Gasteiger partial charge in [-0.25, -0.2) is 0 Å². The molecule has 0 bridgehead atoms.